The maximum Gasteiger partial charge on any atom is 0.203 e. The summed E-state index contributed by atoms with van der Waals surface area (Å²) in [5.41, 5.74) is 4.24. The van der Waals surface area contributed by atoms with Crippen molar-refractivity contribution >= 4 is 8.32 Å². The third-order valence-corrected chi connectivity index (χ3v) is 13.2. The van der Waals surface area contributed by atoms with Crippen LogP contribution in [0.5, 0.6) is 0 Å². The minimum Gasteiger partial charge on any atom is -0.391 e. The zero-order chi connectivity index (χ0) is 20.5. The number of hydrogen-bond acceptors (Lipinski definition) is 4. The normalized spacial score (nSPS) is 30.6. The van der Waals surface area contributed by atoms with Crippen LogP contribution in [-0.2, 0) is 18.6 Å². The molecule has 1 heterocycles. The van der Waals surface area contributed by atoms with Crippen LogP contribution in [0.3, 0.4) is 0 Å². The molecule has 1 aliphatic heterocycles. The Bertz CT molecular complexity index is 507. The Hall–Kier alpha value is -0.203. The van der Waals surface area contributed by atoms with E-state index >= 15 is 0 Å². The molecular formula is C22H42O4Si. The first kappa shape index (κ1) is 23.1. The van der Waals surface area contributed by atoms with Crippen molar-refractivity contribution in [3.8, 4) is 0 Å². The quantitative estimate of drug-likeness (QED) is 0.290. The Balaban J connectivity index is 2.37. The van der Waals surface area contributed by atoms with E-state index in [1.165, 1.54) is 11.1 Å². The highest BCUT2D eigenvalue weighted by Crippen LogP contribution is 2.48. The van der Waals surface area contributed by atoms with Crippen LogP contribution in [0.4, 0.5) is 0 Å². The zero-order valence-electron chi connectivity index (χ0n) is 19.2. The van der Waals surface area contributed by atoms with Crippen LogP contribution in [0.25, 0.3) is 0 Å². The van der Waals surface area contributed by atoms with E-state index in [0.717, 1.165) is 12.8 Å². The van der Waals surface area contributed by atoms with Gasteiger partial charge in [0.05, 0.1) is 6.10 Å². The first-order chi connectivity index (χ1) is 12.6. The molecule has 1 aliphatic carbocycles. The summed E-state index contributed by atoms with van der Waals surface area (Å²) < 4.78 is 25.0. The molecule has 0 aromatic heterocycles. The fourth-order valence-electron chi connectivity index (χ4n) is 5.77. The van der Waals surface area contributed by atoms with E-state index in [-0.39, 0.29) is 24.6 Å². The van der Waals surface area contributed by atoms with Crippen LogP contribution in [0.2, 0.25) is 16.6 Å². The highest BCUT2D eigenvalue weighted by Gasteiger charge is 2.52. The monoisotopic (exact) mass is 398 g/mol. The average Bonchev–Trinajstić information content (AvgIpc) is 2.92. The van der Waals surface area contributed by atoms with Crippen molar-refractivity contribution in [2.24, 2.45) is 11.8 Å². The summed E-state index contributed by atoms with van der Waals surface area (Å²) in [4.78, 5) is 0. The van der Waals surface area contributed by atoms with E-state index in [9.17, 15) is 0 Å². The molecular weight excluding hydrogens is 356 g/mol. The first-order valence-electron chi connectivity index (χ1n) is 10.7. The molecule has 0 radical (unpaired) electrons. The lowest BCUT2D eigenvalue weighted by Crippen LogP contribution is -2.54. The van der Waals surface area contributed by atoms with Gasteiger partial charge in [0.15, 0.2) is 12.6 Å². The van der Waals surface area contributed by atoms with Gasteiger partial charge >= 0.3 is 0 Å². The van der Waals surface area contributed by atoms with Gasteiger partial charge in [0.2, 0.25) is 8.32 Å². The van der Waals surface area contributed by atoms with Crippen molar-refractivity contribution in [3.05, 3.63) is 11.1 Å². The van der Waals surface area contributed by atoms with Crippen molar-refractivity contribution in [2.45, 2.75) is 104 Å². The predicted molar refractivity (Wildman–Crippen MR) is 113 cm³/mol. The lowest BCUT2D eigenvalue weighted by molar-refractivity contribution is -0.184. The number of methoxy groups -OCH3 is 2. The van der Waals surface area contributed by atoms with Gasteiger partial charge in [-0.05, 0) is 53.5 Å². The van der Waals surface area contributed by atoms with Crippen LogP contribution in [0.1, 0.15) is 68.2 Å². The highest BCUT2D eigenvalue weighted by atomic mass is 28.4. The van der Waals surface area contributed by atoms with E-state index in [4.69, 9.17) is 18.6 Å². The smallest absolute Gasteiger partial charge is 0.203 e. The van der Waals surface area contributed by atoms with Gasteiger partial charge in [-0.15, -0.1) is 0 Å². The Morgan fingerprint density at radius 3 is 2.00 bits per heavy atom. The van der Waals surface area contributed by atoms with Gasteiger partial charge in [0, 0.05) is 20.1 Å². The Kier molecular flexibility index (Phi) is 7.76. The highest BCUT2D eigenvalue weighted by molar-refractivity contribution is 6.77. The fraction of sp³-hybridized carbons (Fsp3) is 0.909. The van der Waals surface area contributed by atoms with Gasteiger partial charge in [-0.1, -0.05) is 48.5 Å². The number of hydrogen-bond donors (Lipinski definition) is 0. The van der Waals surface area contributed by atoms with Gasteiger partial charge in [0.1, 0.15) is 0 Å². The molecule has 0 spiro atoms. The zero-order valence-corrected chi connectivity index (χ0v) is 20.2. The number of ether oxygens (including phenoxy) is 3. The molecule has 5 heteroatoms. The van der Waals surface area contributed by atoms with Crippen molar-refractivity contribution in [1.29, 1.82) is 0 Å². The SMILES string of the molecule is COC1OC2C(=C1C)CC[C@@H](C)C2C(OC)O[Si](C(C)C)(C(C)C)C(C)C. The molecule has 5 atom stereocenters. The van der Waals surface area contributed by atoms with Crippen LogP contribution < -0.4 is 0 Å². The molecule has 158 valence electrons. The molecule has 0 aromatic carbocycles. The second-order valence-electron chi connectivity index (χ2n) is 9.47. The van der Waals surface area contributed by atoms with E-state index in [2.05, 4.69) is 55.4 Å². The summed E-state index contributed by atoms with van der Waals surface area (Å²) in [5, 5.41) is 0. The van der Waals surface area contributed by atoms with Crippen LogP contribution in [0, 0.1) is 11.8 Å². The largest absolute Gasteiger partial charge is 0.391 e. The van der Waals surface area contributed by atoms with E-state index in [1.54, 1.807) is 14.2 Å². The molecule has 1 fully saturated rings. The number of rotatable bonds is 8. The average molecular weight is 399 g/mol. The maximum absolute atomic E-state index is 7.07. The van der Waals surface area contributed by atoms with Crippen molar-refractivity contribution in [1.82, 2.24) is 0 Å². The minimum atomic E-state index is -2.04. The third kappa shape index (κ3) is 4.09. The second kappa shape index (κ2) is 9.08. The molecule has 27 heavy (non-hydrogen) atoms. The first-order valence-corrected chi connectivity index (χ1v) is 12.8. The summed E-state index contributed by atoms with van der Waals surface area (Å²) >= 11 is 0. The second-order valence-corrected chi connectivity index (χ2v) is 14.9. The van der Waals surface area contributed by atoms with Gasteiger partial charge in [-0.3, -0.25) is 0 Å². The predicted octanol–water partition coefficient (Wildman–Crippen LogP) is 5.88. The van der Waals surface area contributed by atoms with Crippen molar-refractivity contribution in [3.63, 3.8) is 0 Å². The summed E-state index contributed by atoms with van der Waals surface area (Å²) in [6.45, 7) is 18.4. The molecule has 2 rings (SSSR count). The Morgan fingerprint density at radius 2 is 1.56 bits per heavy atom. The van der Waals surface area contributed by atoms with Gasteiger partial charge in [0.25, 0.3) is 0 Å². The molecule has 1 saturated carbocycles. The lowest BCUT2D eigenvalue weighted by Gasteiger charge is -2.48. The fourth-order valence-corrected chi connectivity index (χ4v) is 11.2. The lowest BCUT2D eigenvalue weighted by atomic mass is 9.75. The van der Waals surface area contributed by atoms with E-state index < -0.39 is 8.32 Å². The molecule has 0 bridgehead atoms. The molecule has 4 nitrogen and oxygen atoms in total. The molecule has 0 aromatic rings. The summed E-state index contributed by atoms with van der Waals surface area (Å²) in [7, 11) is 1.48. The molecule has 4 unspecified atom stereocenters. The summed E-state index contributed by atoms with van der Waals surface area (Å²) in [5.74, 6) is 0.697. The standard InChI is InChI=1S/C22H42O4Si/c1-13(2)27(14(3)4,15(5)6)26-22(24-10)19-16(7)11-12-18-17(8)21(23-9)25-20(18)19/h13-16,19-22H,11-12H2,1-10H3/t16-,19?,20?,21?,22?/m1/s1. The van der Waals surface area contributed by atoms with Gasteiger partial charge < -0.3 is 18.6 Å². The van der Waals surface area contributed by atoms with Gasteiger partial charge in [-0.25, -0.2) is 0 Å². The summed E-state index contributed by atoms with van der Waals surface area (Å²) in [6.07, 6.45) is 1.82. The maximum atomic E-state index is 7.07. The summed E-state index contributed by atoms with van der Waals surface area (Å²) in [6, 6.07) is 0. The molecule has 0 N–H and O–H groups in total. The van der Waals surface area contributed by atoms with Crippen molar-refractivity contribution in [2.75, 3.05) is 14.2 Å². The van der Waals surface area contributed by atoms with E-state index in [0.29, 0.717) is 22.5 Å². The van der Waals surface area contributed by atoms with Crippen LogP contribution in [0.15, 0.2) is 11.1 Å². The topological polar surface area (TPSA) is 36.9 Å². The minimum absolute atomic E-state index is 0.0434. The van der Waals surface area contributed by atoms with Crippen LogP contribution in [-0.4, -0.2) is 41.2 Å². The van der Waals surface area contributed by atoms with Crippen LogP contribution >= 0.6 is 0 Å². The Morgan fingerprint density at radius 1 is 1.00 bits per heavy atom. The van der Waals surface area contributed by atoms with Crippen molar-refractivity contribution < 1.29 is 18.6 Å². The molecule has 0 saturated heterocycles. The molecule has 0 amide bonds. The Labute approximate surface area is 168 Å². The number of fused-ring (bicyclic) bond motifs is 1. The molecule has 2 aliphatic rings. The van der Waals surface area contributed by atoms with Gasteiger partial charge in [-0.2, -0.15) is 0 Å². The third-order valence-electron chi connectivity index (χ3n) is 7.14. The van der Waals surface area contributed by atoms with E-state index in [1.807, 2.05) is 0 Å².